The van der Waals surface area contributed by atoms with Gasteiger partial charge in [0.15, 0.2) is 0 Å². The molecular weight excluding hydrogens is 172 g/mol. The molecule has 0 amide bonds. The van der Waals surface area contributed by atoms with Crippen molar-refractivity contribution in [2.24, 2.45) is 5.41 Å². The third-order valence-corrected chi connectivity index (χ3v) is 4.07. The summed E-state index contributed by atoms with van der Waals surface area (Å²) in [5, 5.41) is 3.41. The maximum atomic E-state index is 4.17. The van der Waals surface area contributed by atoms with Gasteiger partial charge in [0.25, 0.3) is 0 Å². The van der Waals surface area contributed by atoms with Gasteiger partial charge in [-0.25, -0.2) is 0 Å². The molecule has 1 spiro atoms. The standard InChI is InChI=1S/C12H22N2/c1-10(2)14-8-5-12(6-9-14)4-7-13-11(12)3/h10,13H,3-9H2,1-2H3. The van der Waals surface area contributed by atoms with E-state index in [0.29, 0.717) is 11.5 Å². The van der Waals surface area contributed by atoms with Crippen molar-refractivity contribution >= 4 is 0 Å². The van der Waals surface area contributed by atoms with Crippen molar-refractivity contribution in [2.75, 3.05) is 19.6 Å². The monoisotopic (exact) mass is 194 g/mol. The zero-order valence-electron chi connectivity index (χ0n) is 9.47. The predicted molar refractivity (Wildman–Crippen MR) is 60.1 cm³/mol. The van der Waals surface area contributed by atoms with Crippen molar-refractivity contribution in [1.29, 1.82) is 0 Å². The van der Waals surface area contributed by atoms with Crippen molar-refractivity contribution in [3.05, 3.63) is 12.3 Å². The van der Waals surface area contributed by atoms with E-state index in [9.17, 15) is 0 Å². The molecule has 2 heteroatoms. The van der Waals surface area contributed by atoms with Crippen LogP contribution in [-0.2, 0) is 0 Å². The van der Waals surface area contributed by atoms with Gasteiger partial charge in [0.05, 0.1) is 0 Å². The fraction of sp³-hybridized carbons (Fsp3) is 0.833. The minimum absolute atomic E-state index is 0.450. The first-order chi connectivity index (χ1) is 6.64. The zero-order valence-corrected chi connectivity index (χ0v) is 9.47. The van der Waals surface area contributed by atoms with Crippen LogP contribution in [0.5, 0.6) is 0 Å². The molecule has 0 unspecified atom stereocenters. The molecule has 0 aromatic carbocycles. The summed E-state index contributed by atoms with van der Waals surface area (Å²) < 4.78 is 0. The number of likely N-dealkylation sites (tertiary alicyclic amines) is 1. The van der Waals surface area contributed by atoms with Gasteiger partial charge in [-0.2, -0.15) is 0 Å². The molecule has 2 aliphatic heterocycles. The van der Waals surface area contributed by atoms with Crippen LogP contribution >= 0.6 is 0 Å². The summed E-state index contributed by atoms with van der Waals surface area (Å²) in [6.45, 7) is 12.4. The number of piperidine rings is 1. The quantitative estimate of drug-likeness (QED) is 0.686. The highest BCUT2D eigenvalue weighted by molar-refractivity contribution is 5.15. The van der Waals surface area contributed by atoms with Crippen molar-refractivity contribution < 1.29 is 0 Å². The Morgan fingerprint density at radius 1 is 1.29 bits per heavy atom. The molecule has 0 bridgehead atoms. The number of nitrogens with one attached hydrogen (secondary N) is 1. The van der Waals surface area contributed by atoms with Crippen LogP contribution in [-0.4, -0.2) is 30.6 Å². The minimum atomic E-state index is 0.450. The van der Waals surface area contributed by atoms with Gasteiger partial charge in [-0.05, 0) is 46.2 Å². The number of allylic oxidation sites excluding steroid dienone is 1. The molecule has 80 valence electrons. The highest BCUT2D eigenvalue weighted by Gasteiger charge is 2.40. The molecule has 0 aromatic heterocycles. The van der Waals surface area contributed by atoms with Gasteiger partial charge >= 0.3 is 0 Å². The molecule has 0 aromatic rings. The Bertz CT molecular complexity index is 224. The first-order valence-corrected chi connectivity index (χ1v) is 5.81. The summed E-state index contributed by atoms with van der Waals surface area (Å²) in [5.41, 5.74) is 1.76. The Kier molecular flexibility index (Phi) is 2.56. The third-order valence-electron chi connectivity index (χ3n) is 4.07. The molecule has 0 atom stereocenters. The second-order valence-electron chi connectivity index (χ2n) is 5.07. The van der Waals surface area contributed by atoms with Gasteiger partial charge in [-0.1, -0.05) is 6.58 Å². The maximum absolute atomic E-state index is 4.17. The molecular formula is C12H22N2. The van der Waals surface area contributed by atoms with Gasteiger partial charge in [0.1, 0.15) is 0 Å². The zero-order chi connectivity index (χ0) is 10.2. The van der Waals surface area contributed by atoms with Crippen LogP contribution in [0.1, 0.15) is 33.1 Å². The van der Waals surface area contributed by atoms with Crippen molar-refractivity contribution in [3.8, 4) is 0 Å². The first kappa shape index (κ1) is 10.0. The summed E-state index contributed by atoms with van der Waals surface area (Å²) in [4.78, 5) is 2.58. The predicted octanol–water partition coefficient (Wildman–Crippen LogP) is 1.98. The van der Waals surface area contributed by atoms with E-state index in [4.69, 9.17) is 0 Å². The molecule has 2 nitrogen and oxygen atoms in total. The second kappa shape index (κ2) is 3.58. The van der Waals surface area contributed by atoms with Gasteiger partial charge < -0.3 is 10.2 Å². The van der Waals surface area contributed by atoms with Crippen LogP contribution in [0.25, 0.3) is 0 Å². The maximum Gasteiger partial charge on any atom is 0.0153 e. The summed E-state index contributed by atoms with van der Waals surface area (Å²) in [5.74, 6) is 0. The van der Waals surface area contributed by atoms with Gasteiger partial charge in [0.2, 0.25) is 0 Å². The summed E-state index contributed by atoms with van der Waals surface area (Å²) in [6, 6.07) is 0.704. The number of hydrogen-bond acceptors (Lipinski definition) is 2. The lowest BCUT2D eigenvalue weighted by molar-refractivity contribution is 0.110. The highest BCUT2D eigenvalue weighted by Crippen LogP contribution is 2.43. The largest absolute Gasteiger partial charge is 0.388 e. The van der Waals surface area contributed by atoms with E-state index in [0.717, 1.165) is 6.54 Å². The Morgan fingerprint density at radius 3 is 2.36 bits per heavy atom. The smallest absolute Gasteiger partial charge is 0.0153 e. The SMILES string of the molecule is C=C1NCCC12CCN(C(C)C)CC2. The van der Waals surface area contributed by atoms with Gasteiger partial charge in [-0.3, -0.25) is 0 Å². The van der Waals surface area contributed by atoms with Crippen LogP contribution in [0.2, 0.25) is 0 Å². The molecule has 1 N–H and O–H groups in total. The second-order valence-corrected chi connectivity index (χ2v) is 5.07. The fourth-order valence-electron chi connectivity index (χ4n) is 2.81. The van der Waals surface area contributed by atoms with E-state index in [-0.39, 0.29) is 0 Å². The van der Waals surface area contributed by atoms with E-state index in [1.54, 1.807) is 0 Å². The molecule has 2 heterocycles. The van der Waals surface area contributed by atoms with E-state index < -0.39 is 0 Å². The molecule has 14 heavy (non-hydrogen) atoms. The lowest BCUT2D eigenvalue weighted by Gasteiger charge is -2.41. The first-order valence-electron chi connectivity index (χ1n) is 5.81. The van der Waals surface area contributed by atoms with Crippen molar-refractivity contribution in [2.45, 2.75) is 39.2 Å². The van der Waals surface area contributed by atoms with E-state index >= 15 is 0 Å². The topological polar surface area (TPSA) is 15.3 Å². The normalized spacial score (nSPS) is 27.2. The third kappa shape index (κ3) is 1.56. The molecule has 2 aliphatic rings. The van der Waals surface area contributed by atoms with Crippen molar-refractivity contribution in [3.63, 3.8) is 0 Å². The lowest BCUT2D eigenvalue weighted by Crippen LogP contribution is -2.43. The summed E-state index contributed by atoms with van der Waals surface area (Å²) >= 11 is 0. The average Bonchev–Trinajstić information content (AvgIpc) is 2.49. The number of hydrogen-bond donors (Lipinski definition) is 1. The molecule has 0 saturated carbocycles. The summed E-state index contributed by atoms with van der Waals surface area (Å²) in [7, 11) is 0. The van der Waals surface area contributed by atoms with E-state index in [2.05, 4.69) is 30.6 Å². The Hall–Kier alpha value is -0.500. The fourth-order valence-corrected chi connectivity index (χ4v) is 2.81. The van der Waals surface area contributed by atoms with Gasteiger partial charge in [0, 0.05) is 23.7 Å². The van der Waals surface area contributed by atoms with Crippen molar-refractivity contribution in [1.82, 2.24) is 10.2 Å². The van der Waals surface area contributed by atoms with Gasteiger partial charge in [-0.15, -0.1) is 0 Å². The van der Waals surface area contributed by atoms with Crippen LogP contribution in [0, 0.1) is 5.41 Å². The summed E-state index contributed by atoms with van der Waals surface area (Å²) in [6.07, 6.45) is 3.91. The van der Waals surface area contributed by atoms with E-state index in [1.165, 1.54) is 38.0 Å². The van der Waals surface area contributed by atoms with Crippen LogP contribution < -0.4 is 5.32 Å². The molecule has 2 fully saturated rings. The molecule has 2 rings (SSSR count). The molecule has 2 saturated heterocycles. The number of nitrogens with zero attached hydrogens (tertiary/aromatic N) is 1. The van der Waals surface area contributed by atoms with Crippen LogP contribution in [0.4, 0.5) is 0 Å². The van der Waals surface area contributed by atoms with Crippen LogP contribution in [0.15, 0.2) is 12.3 Å². The molecule has 0 radical (unpaired) electrons. The lowest BCUT2D eigenvalue weighted by atomic mass is 9.75. The Labute approximate surface area is 87.4 Å². The highest BCUT2D eigenvalue weighted by atomic mass is 15.2. The number of rotatable bonds is 1. The van der Waals surface area contributed by atoms with Crippen LogP contribution in [0.3, 0.4) is 0 Å². The average molecular weight is 194 g/mol. The minimum Gasteiger partial charge on any atom is -0.388 e. The Balaban J connectivity index is 1.98. The molecule has 0 aliphatic carbocycles. The Morgan fingerprint density at radius 2 is 1.93 bits per heavy atom. The van der Waals surface area contributed by atoms with E-state index in [1.807, 2.05) is 0 Å².